The first-order valence-electron chi connectivity index (χ1n) is 10.2. The van der Waals surface area contributed by atoms with Gasteiger partial charge in [-0.25, -0.2) is 0 Å². The highest BCUT2D eigenvalue weighted by molar-refractivity contribution is 14.0. The Balaban J connectivity index is 0.00000312. The Morgan fingerprint density at radius 3 is 2.52 bits per heavy atom. The maximum Gasteiger partial charge on any atom is 0.191 e. The number of hydrogen-bond donors (Lipinski definition) is 2. The summed E-state index contributed by atoms with van der Waals surface area (Å²) in [5, 5.41) is 6.98. The zero-order valence-electron chi connectivity index (χ0n) is 16.4. The summed E-state index contributed by atoms with van der Waals surface area (Å²) < 4.78 is 0. The van der Waals surface area contributed by atoms with Crippen molar-refractivity contribution in [1.29, 1.82) is 0 Å². The van der Waals surface area contributed by atoms with E-state index in [0.717, 1.165) is 25.6 Å². The molecule has 148 valence electrons. The van der Waals surface area contributed by atoms with Crippen molar-refractivity contribution in [2.45, 2.75) is 64.3 Å². The normalized spacial score (nSPS) is 22.6. The lowest BCUT2D eigenvalue weighted by Gasteiger charge is -2.26. The topological polar surface area (TPSA) is 42.9 Å². The SMILES string of the molecule is CCN1CCCC1CNC(=NC)NCCCCCN1CCCCC1.I. The molecule has 5 nitrogen and oxygen atoms in total. The first-order chi connectivity index (χ1) is 11.8. The van der Waals surface area contributed by atoms with E-state index in [4.69, 9.17) is 0 Å². The molecule has 2 rings (SSSR count). The van der Waals surface area contributed by atoms with Crippen molar-refractivity contribution in [1.82, 2.24) is 20.4 Å². The van der Waals surface area contributed by atoms with Gasteiger partial charge in [-0.05, 0) is 71.2 Å². The molecule has 2 saturated heterocycles. The second kappa shape index (κ2) is 14.0. The predicted molar refractivity (Wildman–Crippen MR) is 119 cm³/mol. The zero-order valence-corrected chi connectivity index (χ0v) is 18.8. The lowest BCUT2D eigenvalue weighted by atomic mass is 10.1. The van der Waals surface area contributed by atoms with E-state index >= 15 is 0 Å². The van der Waals surface area contributed by atoms with Gasteiger partial charge in [-0.15, -0.1) is 24.0 Å². The summed E-state index contributed by atoms with van der Waals surface area (Å²) in [6, 6.07) is 0.679. The Hall–Kier alpha value is -0.0800. The molecule has 0 saturated carbocycles. The first-order valence-corrected chi connectivity index (χ1v) is 10.2. The van der Waals surface area contributed by atoms with Crippen LogP contribution < -0.4 is 10.6 Å². The minimum Gasteiger partial charge on any atom is -0.356 e. The van der Waals surface area contributed by atoms with E-state index in [2.05, 4.69) is 32.3 Å². The van der Waals surface area contributed by atoms with Crippen molar-refractivity contribution < 1.29 is 0 Å². The number of aliphatic imine (C=N–C) groups is 1. The van der Waals surface area contributed by atoms with Crippen LogP contribution in [0.15, 0.2) is 4.99 Å². The van der Waals surface area contributed by atoms with Crippen molar-refractivity contribution in [2.24, 2.45) is 4.99 Å². The van der Waals surface area contributed by atoms with E-state index in [1.165, 1.54) is 77.5 Å². The number of halogens is 1. The van der Waals surface area contributed by atoms with Crippen LogP contribution in [0.3, 0.4) is 0 Å². The highest BCUT2D eigenvalue weighted by Crippen LogP contribution is 2.15. The number of likely N-dealkylation sites (tertiary alicyclic amines) is 2. The highest BCUT2D eigenvalue weighted by atomic mass is 127. The van der Waals surface area contributed by atoms with Gasteiger partial charge < -0.3 is 15.5 Å². The lowest BCUT2D eigenvalue weighted by molar-refractivity contribution is 0.224. The maximum atomic E-state index is 4.36. The van der Waals surface area contributed by atoms with E-state index in [0.29, 0.717) is 6.04 Å². The number of nitrogens with zero attached hydrogens (tertiary/aromatic N) is 3. The van der Waals surface area contributed by atoms with Crippen LogP contribution in [0.5, 0.6) is 0 Å². The Kier molecular flexibility index (Phi) is 12.9. The summed E-state index contributed by atoms with van der Waals surface area (Å²) in [6.45, 7) is 10.7. The van der Waals surface area contributed by atoms with Gasteiger partial charge in [0.25, 0.3) is 0 Å². The molecule has 0 spiro atoms. The van der Waals surface area contributed by atoms with Crippen LogP contribution in [-0.2, 0) is 0 Å². The number of hydrogen-bond acceptors (Lipinski definition) is 3. The van der Waals surface area contributed by atoms with Crippen LogP contribution in [0.25, 0.3) is 0 Å². The minimum absolute atomic E-state index is 0. The van der Waals surface area contributed by atoms with E-state index in [9.17, 15) is 0 Å². The zero-order chi connectivity index (χ0) is 17.0. The Labute approximate surface area is 172 Å². The largest absolute Gasteiger partial charge is 0.356 e. The first kappa shape index (κ1) is 23.0. The summed E-state index contributed by atoms with van der Waals surface area (Å²) in [6.07, 6.45) is 10.8. The van der Waals surface area contributed by atoms with Gasteiger partial charge in [0.15, 0.2) is 5.96 Å². The monoisotopic (exact) mass is 465 g/mol. The average Bonchev–Trinajstić information content (AvgIpc) is 3.09. The van der Waals surface area contributed by atoms with Crippen molar-refractivity contribution in [3.8, 4) is 0 Å². The molecule has 6 heteroatoms. The van der Waals surface area contributed by atoms with Gasteiger partial charge in [-0.3, -0.25) is 9.89 Å². The van der Waals surface area contributed by atoms with Crippen molar-refractivity contribution >= 4 is 29.9 Å². The molecule has 1 atom stereocenters. The predicted octanol–water partition coefficient (Wildman–Crippen LogP) is 2.91. The Morgan fingerprint density at radius 2 is 1.80 bits per heavy atom. The fourth-order valence-electron chi connectivity index (χ4n) is 4.00. The van der Waals surface area contributed by atoms with Gasteiger partial charge in [0.2, 0.25) is 0 Å². The molecule has 2 aliphatic rings. The molecule has 2 aliphatic heterocycles. The summed E-state index contributed by atoms with van der Waals surface area (Å²) in [5.74, 6) is 0.967. The number of piperidine rings is 1. The molecule has 0 aromatic heterocycles. The molecule has 1 unspecified atom stereocenters. The van der Waals surface area contributed by atoms with Crippen molar-refractivity contribution in [3.05, 3.63) is 0 Å². The quantitative estimate of drug-likeness (QED) is 0.238. The van der Waals surface area contributed by atoms with Gasteiger partial charge in [0.1, 0.15) is 0 Å². The van der Waals surface area contributed by atoms with E-state index < -0.39 is 0 Å². The highest BCUT2D eigenvalue weighted by Gasteiger charge is 2.22. The van der Waals surface area contributed by atoms with Gasteiger partial charge >= 0.3 is 0 Å². The number of unbranched alkanes of at least 4 members (excludes halogenated alkanes) is 2. The molecular formula is C19H40IN5. The molecular weight excluding hydrogens is 425 g/mol. The number of likely N-dealkylation sites (N-methyl/N-ethyl adjacent to an activating group) is 1. The molecule has 25 heavy (non-hydrogen) atoms. The van der Waals surface area contributed by atoms with Crippen LogP contribution in [-0.4, -0.2) is 74.7 Å². The standard InChI is InChI=1S/C19H39N5.HI/c1-3-24-16-10-11-18(24)17-22-19(20-2)21-12-6-4-7-13-23-14-8-5-9-15-23;/h18H,3-17H2,1-2H3,(H2,20,21,22);1H. The van der Waals surface area contributed by atoms with Gasteiger partial charge in [-0.1, -0.05) is 19.8 Å². The van der Waals surface area contributed by atoms with Crippen LogP contribution in [0.1, 0.15) is 58.3 Å². The molecule has 0 amide bonds. The molecule has 0 aliphatic carbocycles. The molecule has 0 aromatic carbocycles. The summed E-state index contributed by atoms with van der Waals surface area (Å²) >= 11 is 0. The maximum absolute atomic E-state index is 4.36. The van der Waals surface area contributed by atoms with E-state index in [1.54, 1.807) is 0 Å². The molecule has 0 aromatic rings. The second-order valence-corrected chi connectivity index (χ2v) is 7.27. The lowest BCUT2D eigenvalue weighted by Crippen LogP contribution is -2.45. The second-order valence-electron chi connectivity index (χ2n) is 7.27. The van der Waals surface area contributed by atoms with Crippen molar-refractivity contribution in [3.63, 3.8) is 0 Å². The fraction of sp³-hybridized carbons (Fsp3) is 0.947. The fourth-order valence-corrected chi connectivity index (χ4v) is 4.00. The van der Waals surface area contributed by atoms with Gasteiger partial charge in [0.05, 0.1) is 0 Å². The average molecular weight is 465 g/mol. The molecule has 2 heterocycles. The number of nitrogens with one attached hydrogen (secondary N) is 2. The summed E-state index contributed by atoms with van der Waals surface area (Å²) in [5.41, 5.74) is 0. The molecule has 0 bridgehead atoms. The van der Waals surface area contributed by atoms with E-state index in [1.807, 2.05) is 7.05 Å². The van der Waals surface area contributed by atoms with Crippen LogP contribution in [0.4, 0.5) is 0 Å². The minimum atomic E-state index is 0. The van der Waals surface area contributed by atoms with Crippen LogP contribution >= 0.6 is 24.0 Å². The summed E-state index contributed by atoms with van der Waals surface area (Å²) in [4.78, 5) is 9.57. The Bertz CT molecular complexity index is 358. The van der Waals surface area contributed by atoms with Crippen LogP contribution in [0, 0.1) is 0 Å². The molecule has 2 fully saturated rings. The van der Waals surface area contributed by atoms with E-state index in [-0.39, 0.29) is 24.0 Å². The van der Waals surface area contributed by atoms with Gasteiger partial charge in [-0.2, -0.15) is 0 Å². The number of guanidine groups is 1. The van der Waals surface area contributed by atoms with Gasteiger partial charge in [0, 0.05) is 26.2 Å². The Morgan fingerprint density at radius 1 is 1.00 bits per heavy atom. The van der Waals surface area contributed by atoms with Crippen LogP contribution in [0.2, 0.25) is 0 Å². The summed E-state index contributed by atoms with van der Waals surface area (Å²) in [7, 11) is 1.87. The molecule has 0 radical (unpaired) electrons. The van der Waals surface area contributed by atoms with Crippen molar-refractivity contribution in [2.75, 3.05) is 52.9 Å². The third-order valence-corrected chi connectivity index (χ3v) is 5.53. The molecule has 2 N–H and O–H groups in total. The third kappa shape index (κ3) is 8.91. The number of rotatable bonds is 9. The smallest absolute Gasteiger partial charge is 0.191 e. The third-order valence-electron chi connectivity index (χ3n) is 5.53.